The van der Waals surface area contributed by atoms with Crippen LogP contribution in [0, 0.1) is 0 Å². The van der Waals surface area contributed by atoms with E-state index in [1.54, 1.807) is 11.1 Å². The predicted molar refractivity (Wildman–Crippen MR) is 112 cm³/mol. The molecule has 0 unspecified atom stereocenters. The van der Waals surface area contributed by atoms with Gasteiger partial charge < -0.3 is 4.90 Å². The lowest BCUT2D eigenvalue weighted by molar-refractivity contribution is 0.140. The zero-order valence-electron chi connectivity index (χ0n) is 15.8. The molecule has 0 atom stereocenters. The quantitative estimate of drug-likeness (QED) is 0.690. The molecule has 0 radical (unpaired) electrons. The lowest BCUT2D eigenvalue weighted by Crippen LogP contribution is -2.51. The minimum absolute atomic E-state index is 0.0238. The first kappa shape index (κ1) is 18.2. The Kier molecular flexibility index (Phi) is 5.64. The van der Waals surface area contributed by atoms with Crippen LogP contribution in [0.4, 0.5) is 16.3 Å². The molecule has 1 saturated heterocycles. The maximum atomic E-state index is 13.4. The third kappa shape index (κ3) is 4.21. The Morgan fingerprint density at radius 3 is 2.11 bits per heavy atom. The number of nitrogens with zero attached hydrogens (tertiary/aromatic N) is 4. The SMILES string of the molecule is O=C(N1CCN(Cc2ccccc2)CC1)N(c1ccccc1)c1ccccn1. The van der Waals surface area contributed by atoms with Gasteiger partial charge in [0.2, 0.25) is 0 Å². The number of hydrogen-bond acceptors (Lipinski definition) is 3. The molecule has 0 bridgehead atoms. The number of amides is 2. The molecule has 0 aliphatic carbocycles. The Labute approximate surface area is 165 Å². The Morgan fingerprint density at radius 1 is 0.821 bits per heavy atom. The maximum Gasteiger partial charge on any atom is 0.330 e. The largest absolute Gasteiger partial charge is 0.330 e. The molecule has 4 rings (SSSR count). The summed E-state index contributed by atoms with van der Waals surface area (Å²) in [5, 5.41) is 0. The van der Waals surface area contributed by atoms with Gasteiger partial charge in [-0.15, -0.1) is 0 Å². The predicted octanol–water partition coefficient (Wildman–Crippen LogP) is 4.16. The molecule has 3 aromatic rings. The highest BCUT2D eigenvalue weighted by Crippen LogP contribution is 2.25. The molecule has 1 fully saturated rings. The second-order valence-corrected chi connectivity index (χ2v) is 6.89. The Bertz CT molecular complexity index is 839. The number of rotatable bonds is 4. The number of piperazine rings is 1. The van der Waals surface area contributed by atoms with Crippen molar-refractivity contribution in [2.75, 3.05) is 31.1 Å². The fraction of sp³-hybridized carbons (Fsp3) is 0.217. The van der Waals surface area contributed by atoms with Crippen molar-refractivity contribution in [3.05, 3.63) is 90.6 Å². The van der Waals surface area contributed by atoms with E-state index >= 15 is 0 Å². The van der Waals surface area contributed by atoms with Gasteiger partial charge in [-0.2, -0.15) is 0 Å². The van der Waals surface area contributed by atoms with E-state index in [1.807, 2.05) is 59.5 Å². The van der Waals surface area contributed by atoms with Gasteiger partial charge in [0.25, 0.3) is 0 Å². The van der Waals surface area contributed by atoms with Crippen LogP contribution in [-0.4, -0.2) is 47.0 Å². The first-order chi connectivity index (χ1) is 13.8. The molecule has 2 heterocycles. The van der Waals surface area contributed by atoms with E-state index in [4.69, 9.17) is 0 Å². The van der Waals surface area contributed by atoms with E-state index in [0.29, 0.717) is 18.9 Å². The number of carbonyl (C=O) groups is 1. The van der Waals surface area contributed by atoms with Gasteiger partial charge in [0, 0.05) is 38.9 Å². The topological polar surface area (TPSA) is 39.7 Å². The lowest BCUT2D eigenvalue weighted by Gasteiger charge is -2.37. The van der Waals surface area contributed by atoms with Crippen LogP contribution in [0.25, 0.3) is 0 Å². The fourth-order valence-electron chi connectivity index (χ4n) is 3.48. The summed E-state index contributed by atoms with van der Waals surface area (Å²) in [6, 6.07) is 25.8. The molecule has 1 aliphatic heterocycles. The molecule has 0 saturated carbocycles. The van der Waals surface area contributed by atoms with Gasteiger partial charge in [-0.3, -0.25) is 4.90 Å². The summed E-state index contributed by atoms with van der Waals surface area (Å²) in [5.41, 5.74) is 2.14. The van der Waals surface area contributed by atoms with Gasteiger partial charge in [-0.1, -0.05) is 54.6 Å². The second kappa shape index (κ2) is 8.67. The van der Waals surface area contributed by atoms with Crippen molar-refractivity contribution in [1.82, 2.24) is 14.8 Å². The monoisotopic (exact) mass is 372 g/mol. The van der Waals surface area contributed by atoms with Crippen LogP contribution >= 0.6 is 0 Å². The van der Waals surface area contributed by atoms with Crippen molar-refractivity contribution in [3.8, 4) is 0 Å². The summed E-state index contributed by atoms with van der Waals surface area (Å²) in [6.45, 7) is 4.08. The zero-order valence-corrected chi connectivity index (χ0v) is 15.8. The van der Waals surface area contributed by atoms with Gasteiger partial charge in [-0.25, -0.2) is 14.7 Å². The smallest absolute Gasteiger partial charge is 0.321 e. The normalized spacial score (nSPS) is 14.6. The third-order valence-electron chi connectivity index (χ3n) is 4.98. The number of aromatic nitrogens is 1. The van der Waals surface area contributed by atoms with Crippen LogP contribution in [0.3, 0.4) is 0 Å². The van der Waals surface area contributed by atoms with Crippen molar-refractivity contribution in [3.63, 3.8) is 0 Å². The van der Waals surface area contributed by atoms with E-state index in [9.17, 15) is 4.79 Å². The first-order valence-corrected chi connectivity index (χ1v) is 9.63. The molecule has 2 amide bonds. The van der Waals surface area contributed by atoms with Crippen LogP contribution in [0.15, 0.2) is 85.1 Å². The molecule has 2 aromatic carbocycles. The second-order valence-electron chi connectivity index (χ2n) is 6.89. The van der Waals surface area contributed by atoms with Crippen molar-refractivity contribution in [2.45, 2.75) is 6.54 Å². The Balaban J connectivity index is 1.46. The van der Waals surface area contributed by atoms with Crippen LogP contribution in [0.5, 0.6) is 0 Å². The summed E-state index contributed by atoms with van der Waals surface area (Å²) in [7, 11) is 0. The van der Waals surface area contributed by atoms with Crippen LogP contribution in [0.1, 0.15) is 5.56 Å². The average Bonchev–Trinajstić information content (AvgIpc) is 2.77. The van der Waals surface area contributed by atoms with Crippen molar-refractivity contribution >= 4 is 17.5 Å². The zero-order chi connectivity index (χ0) is 19.2. The highest BCUT2D eigenvalue weighted by Gasteiger charge is 2.27. The van der Waals surface area contributed by atoms with Gasteiger partial charge in [0.05, 0.1) is 5.69 Å². The molecular weight excluding hydrogens is 348 g/mol. The number of benzene rings is 2. The summed E-state index contributed by atoms with van der Waals surface area (Å²) in [5.74, 6) is 0.644. The van der Waals surface area contributed by atoms with E-state index in [1.165, 1.54) is 5.56 Å². The van der Waals surface area contributed by atoms with Gasteiger partial charge in [0.1, 0.15) is 5.82 Å². The van der Waals surface area contributed by atoms with E-state index in [0.717, 1.165) is 25.3 Å². The number of hydrogen-bond donors (Lipinski definition) is 0. The average molecular weight is 372 g/mol. The number of urea groups is 1. The molecular formula is C23H24N4O. The Morgan fingerprint density at radius 2 is 1.46 bits per heavy atom. The van der Waals surface area contributed by atoms with Crippen LogP contribution < -0.4 is 4.90 Å². The molecule has 142 valence electrons. The molecule has 5 heteroatoms. The summed E-state index contributed by atoms with van der Waals surface area (Å²) in [4.78, 5) is 23.8. The molecule has 1 aromatic heterocycles. The number of anilines is 2. The fourth-order valence-corrected chi connectivity index (χ4v) is 3.48. The molecule has 28 heavy (non-hydrogen) atoms. The van der Waals surface area contributed by atoms with Crippen molar-refractivity contribution in [1.29, 1.82) is 0 Å². The molecule has 1 aliphatic rings. The number of para-hydroxylation sites is 1. The summed E-state index contributed by atoms with van der Waals surface area (Å²) >= 11 is 0. The summed E-state index contributed by atoms with van der Waals surface area (Å²) < 4.78 is 0. The molecule has 5 nitrogen and oxygen atoms in total. The highest BCUT2D eigenvalue weighted by atomic mass is 16.2. The van der Waals surface area contributed by atoms with Crippen LogP contribution in [-0.2, 0) is 6.54 Å². The minimum Gasteiger partial charge on any atom is -0.321 e. The Hall–Kier alpha value is -3.18. The maximum absolute atomic E-state index is 13.4. The van der Waals surface area contributed by atoms with E-state index < -0.39 is 0 Å². The standard InChI is InChI=1S/C23H24N4O/c28-23(26-17-15-25(16-18-26)19-20-9-3-1-4-10-20)27(21-11-5-2-6-12-21)22-13-7-8-14-24-22/h1-14H,15-19H2. The number of pyridine rings is 1. The summed E-state index contributed by atoms with van der Waals surface area (Å²) in [6.07, 6.45) is 1.72. The van der Waals surface area contributed by atoms with Crippen molar-refractivity contribution in [2.24, 2.45) is 0 Å². The van der Waals surface area contributed by atoms with Gasteiger partial charge in [-0.05, 0) is 29.8 Å². The number of carbonyl (C=O) groups excluding carboxylic acids is 1. The van der Waals surface area contributed by atoms with Gasteiger partial charge >= 0.3 is 6.03 Å². The first-order valence-electron chi connectivity index (χ1n) is 9.63. The van der Waals surface area contributed by atoms with E-state index in [-0.39, 0.29) is 6.03 Å². The molecule has 0 spiro atoms. The highest BCUT2D eigenvalue weighted by molar-refractivity contribution is 5.98. The van der Waals surface area contributed by atoms with Crippen molar-refractivity contribution < 1.29 is 4.79 Å². The van der Waals surface area contributed by atoms with Gasteiger partial charge in [0.15, 0.2) is 0 Å². The van der Waals surface area contributed by atoms with Crippen LogP contribution in [0.2, 0.25) is 0 Å². The lowest BCUT2D eigenvalue weighted by atomic mass is 10.2. The molecule has 0 N–H and O–H groups in total. The third-order valence-corrected chi connectivity index (χ3v) is 4.98. The van der Waals surface area contributed by atoms with E-state index in [2.05, 4.69) is 34.1 Å². The minimum atomic E-state index is -0.0238.